The number of aromatic nitrogens is 1. The van der Waals surface area contributed by atoms with Gasteiger partial charge in [0, 0.05) is 6.04 Å². The number of rotatable bonds is 3. The summed E-state index contributed by atoms with van der Waals surface area (Å²) in [5.41, 5.74) is 0. The Morgan fingerprint density at radius 3 is 2.56 bits per heavy atom. The van der Waals surface area contributed by atoms with E-state index in [2.05, 4.69) is 10.3 Å². The van der Waals surface area contributed by atoms with Crippen LogP contribution in [0.15, 0.2) is 10.6 Å². The third-order valence-electron chi connectivity index (χ3n) is 3.32. The van der Waals surface area contributed by atoms with E-state index >= 15 is 0 Å². The second kappa shape index (κ2) is 6.04. The molecule has 1 aromatic rings. The fourth-order valence-corrected chi connectivity index (χ4v) is 2.38. The van der Waals surface area contributed by atoms with Gasteiger partial charge in [-0.25, -0.2) is 4.98 Å². The monoisotopic (exact) mass is 222 g/mol. The summed E-state index contributed by atoms with van der Waals surface area (Å²) in [6, 6.07) is 0.660. The van der Waals surface area contributed by atoms with Gasteiger partial charge in [0.15, 0.2) is 0 Å². The van der Waals surface area contributed by atoms with Gasteiger partial charge in [-0.1, -0.05) is 32.1 Å². The molecule has 1 N–H and O–H groups in total. The maximum absolute atomic E-state index is 5.46. The number of hydrogen-bond donors (Lipinski definition) is 1. The van der Waals surface area contributed by atoms with E-state index in [0.29, 0.717) is 6.04 Å². The van der Waals surface area contributed by atoms with Crippen LogP contribution < -0.4 is 5.32 Å². The van der Waals surface area contributed by atoms with Gasteiger partial charge in [0.1, 0.15) is 5.76 Å². The van der Waals surface area contributed by atoms with Crippen LogP contribution in [0.4, 0.5) is 0 Å². The number of nitrogens with one attached hydrogen (secondary N) is 1. The van der Waals surface area contributed by atoms with Crippen LogP contribution in [0.3, 0.4) is 0 Å². The molecule has 0 unspecified atom stereocenters. The zero-order valence-corrected chi connectivity index (χ0v) is 10.2. The molecular weight excluding hydrogens is 200 g/mol. The van der Waals surface area contributed by atoms with Crippen LogP contribution in [0, 0.1) is 6.92 Å². The molecule has 1 aliphatic carbocycles. The minimum atomic E-state index is 0.660. The zero-order chi connectivity index (χ0) is 11.2. The predicted octanol–water partition coefficient (Wildman–Crippen LogP) is 3.19. The van der Waals surface area contributed by atoms with Crippen molar-refractivity contribution in [2.45, 2.75) is 64.5 Å². The third kappa shape index (κ3) is 3.63. The van der Waals surface area contributed by atoms with E-state index in [1.54, 1.807) is 6.20 Å². The summed E-state index contributed by atoms with van der Waals surface area (Å²) in [4.78, 5) is 4.21. The molecule has 0 spiro atoms. The third-order valence-corrected chi connectivity index (χ3v) is 3.32. The molecule has 90 valence electrons. The molecule has 3 nitrogen and oxygen atoms in total. The lowest BCUT2D eigenvalue weighted by atomic mass is 9.97. The molecule has 2 rings (SSSR count). The normalized spacial score (nSPS) is 19.3. The summed E-state index contributed by atoms with van der Waals surface area (Å²) in [6.45, 7) is 2.71. The summed E-state index contributed by atoms with van der Waals surface area (Å²) in [7, 11) is 0. The van der Waals surface area contributed by atoms with Gasteiger partial charge >= 0.3 is 0 Å². The zero-order valence-electron chi connectivity index (χ0n) is 10.2. The minimum Gasteiger partial charge on any atom is -0.445 e. The average Bonchev–Trinajstić information content (AvgIpc) is 2.63. The SMILES string of the molecule is Cc1cnc(CNC2CCCCCCC2)o1. The summed E-state index contributed by atoms with van der Waals surface area (Å²) in [6.07, 6.45) is 11.3. The smallest absolute Gasteiger partial charge is 0.208 e. The Balaban J connectivity index is 1.75. The lowest BCUT2D eigenvalue weighted by Gasteiger charge is -2.20. The highest BCUT2D eigenvalue weighted by molar-refractivity contribution is 4.90. The molecule has 0 radical (unpaired) electrons. The van der Waals surface area contributed by atoms with E-state index in [9.17, 15) is 0 Å². The van der Waals surface area contributed by atoms with Crippen LogP contribution in [-0.2, 0) is 6.54 Å². The van der Waals surface area contributed by atoms with E-state index in [-0.39, 0.29) is 0 Å². The van der Waals surface area contributed by atoms with Crippen molar-refractivity contribution in [1.82, 2.24) is 10.3 Å². The number of hydrogen-bond acceptors (Lipinski definition) is 3. The van der Waals surface area contributed by atoms with Gasteiger partial charge in [0.25, 0.3) is 0 Å². The van der Waals surface area contributed by atoms with Crippen molar-refractivity contribution in [1.29, 1.82) is 0 Å². The van der Waals surface area contributed by atoms with Gasteiger partial charge in [-0.15, -0.1) is 0 Å². The first-order valence-corrected chi connectivity index (χ1v) is 6.49. The Bertz CT molecular complexity index is 301. The van der Waals surface area contributed by atoms with Crippen LogP contribution in [-0.4, -0.2) is 11.0 Å². The highest BCUT2D eigenvalue weighted by Crippen LogP contribution is 2.17. The molecule has 1 saturated carbocycles. The number of nitrogens with zero attached hydrogens (tertiary/aromatic N) is 1. The fourth-order valence-electron chi connectivity index (χ4n) is 2.38. The first-order chi connectivity index (χ1) is 7.84. The van der Waals surface area contributed by atoms with Crippen molar-refractivity contribution < 1.29 is 4.42 Å². The van der Waals surface area contributed by atoms with Crippen LogP contribution in [0.1, 0.15) is 56.6 Å². The molecule has 0 aromatic carbocycles. The first-order valence-electron chi connectivity index (χ1n) is 6.49. The molecule has 1 heterocycles. The van der Waals surface area contributed by atoms with Crippen molar-refractivity contribution in [3.05, 3.63) is 17.8 Å². The van der Waals surface area contributed by atoms with Crippen molar-refractivity contribution >= 4 is 0 Å². The maximum atomic E-state index is 5.46. The quantitative estimate of drug-likeness (QED) is 0.853. The van der Waals surface area contributed by atoms with E-state index in [0.717, 1.165) is 18.2 Å². The molecular formula is C13H22N2O. The van der Waals surface area contributed by atoms with E-state index in [1.807, 2.05) is 6.92 Å². The van der Waals surface area contributed by atoms with Gasteiger partial charge in [-0.05, 0) is 19.8 Å². The number of aryl methyl sites for hydroxylation is 1. The summed E-state index contributed by atoms with van der Waals surface area (Å²) >= 11 is 0. The van der Waals surface area contributed by atoms with E-state index < -0.39 is 0 Å². The van der Waals surface area contributed by atoms with Gasteiger partial charge in [0.2, 0.25) is 5.89 Å². The molecule has 16 heavy (non-hydrogen) atoms. The molecule has 0 bridgehead atoms. The largest absolute Gasteiger partial charge is 0.445 e. The first kappa shape index (κ1) is 11.6. The van der Waals surface area contributed by atoms with E-state index in [1.165, 1.54) is 44.9 Å². The van der Waals surface area contributed by atoms with Crippen LogP contribution in [0.2, 0.25) is 0 Å². The fraction of sp³-hybridized carbons (Fsp3) is 0.769. The van der Waals surface area contributed by atoms with Crippen molar-refractivity contribution in [3.63, 3.8) is 0 Å². The van der Waals surface area contributed by atoms with E-state index in [4.69, 9.17) is 4.42 Å². The summed E-state index contributed by atoms with van der Waals surface area (Å²) in [5, 5.41) is 3.56. The Kier molecular flexibility index (Phi) is 4.40. The van der Waals surface area contributed by atoms with Gasteiger partial charge in [-0.2, -0.15) is 0 Å². The minimum absolute atomic E-state index is 0.660. The van der Waals surface area contributed by atoms with Gasteiger partial charge in [0.05, 0.1) is 12.7 Å². The van der Waals surface area contributed by atoms with Crippen LogP contribution in [0.25, 0.3) is 0 Å². The molecule has 3 heteroatoms. The molecule has 1 aliphatic rings. The van der Waals surface area contributed by atoms with Crippen molar-refractivity contribution in [2.24, 2.45) is 0 Å². The van der Waals surface area contributed by atoms with Crippen molar-refractivity contribution in [2.75, 3.05) is 0 Å². The molecule has 1 aromatic heterocycles. The van der Waals surface area contributed by atoms with Crippen LogP contribution >= 0.6 is 0 Å². The Morgan fingerprint density at radius 1 is 1.25 bits per heavy atom. The number of oxazole rings is 1. The summed E-state index contributed by atoms with van der Waals surface area (Å²) in [5.74, 6) is 1.72. The lowest BCUT2D eigenvalue weighted by molar-refractivity contribution is 0.364. The molecule has 1 fully saturated rings. The Morgan fingerprint density at radius 2 is 1.94 bits per heavy atom. The second-order valence-electron chi connectivity index (χ2n) is 4.79. The van der Waals surface area contributed by atoms with Crippen LogP contribution in [0.5, 0.6) is 0 Å². The Hall–Kier alpha value is -0.830. The molecule has 0 saturated heterocycles. The lowest BCUT2D eigenvalue weighted by Crippen LogP contribution is -2.29. The summed E-state index contributed by atoms with van der Waals surface area (Å²) < 4.78 is 5.46. The second-order valence-corrected chi connectivity index (χ2v) is 4.79. The molecule has 0 atom stereocenters. The standard InChI is InChI=1S/C13H22N2O/c1-11-9-15-13(16-11)10-14-12-7-5-3-2-4-6-8-12/h9,12,14H,2-8,10H2,1H3. The average molecular weight is 222 g/mol. The predicted molar refractivity (Wildman–Crippen MR) is 64.2 cm³/mol. The highest BCUT2D eigenvalue weighted by atomic mass is 16.4. The van der Waals surface area contributed by atoms with Gasteiger partial charge in [-0.3, -0.25) is 0 Å². The van der Waals surface area contributed by atoms with Crippen molar-refractivity contribution in [3.8, 4) is 0 Å². The Labute approximate surface area is 97.6 Å². The van der Waals surface area contributed by atoms with Gasteiger partial charge < -0.3 is 9.73 Å². The topological polar surface area (TPSA) is 38.1 Å². The highest BCUT2D eigenvalue weighted by Gasteiger charge is 2.11. The molecule has 0 aliphatic heterocycles. The maximum Gasteiger partial charge on any atom is 0.208 e. The molecule has 0 amide bonds.